The molecule has 0 fully saturated rings. The van der Waals surface area contributed by atoms with E-state index in [1.54, 1.807) is 12.2 Å². The van der Waals surface area contributed by atoms with Crippen molar-refractivity contribution in [1.82, 2.24) is 9.88 Å². The van der Waals surface area contributed by atoms with E-state index in [0.29, 0.717) is 6.54 Å². The smallest absolute Gasteiger partial charge is 0.411 e. The van der Waals surface area contributed by atoms with Gasteiger partial charge in [0, 0.05) is 24.5 Å². The van der Waals surface area contributed by atoms with Crippen LogP contribution in [0.3, 0.4) is 0 Å². The molecule has 18 heavy (non-hydrogen) atoms. The molecule has 0 radical (unpaired) electrons. The van der Waals surface area contributed by atoms with E-state index in [4.69, 9.17) is 5.11 Å². The first-order valence-corrected chi connectivity index (χ1v) is 5.62. The minimum Gasteiger partial charge on any atom is -0.465 e. The highest BCUT2D eigenvalue weighted by molar-refractivity contribution is 5.78. The molecule has 1 aromatic heterocycles. The van der Waals surface area contributed by atoms with Gasteiger partial charge in [0.25, 0.3) is 0 Å². The van der Waals surface area contributed by atoms with Crippen molar-refractivity contribution >= 4 is 17.0 Å². The number of carbonyl (C=O) groups is 1. The zero-order chi connectivity index (χ0) is 12.8. The average molecular weight is 242 g/mol. The number of allylic oxidation sites excluding steroid dienone is 2. The second-order valence-corrected chi connectivity index (χ2v) is 3.77. The molecule has 1 aliphatic rings. The molecule has 1 amide bonds. The van der Waals surface area contributed by atoms with Crippen molar-refractivity contribution in [3.05, 3.63) is 61.0 Å². The van der Waals surface area contributed by atoms with Gasteiger partial charge in [0.2, 0.25) is 0 Å². The number of H-pyrrole nitrogens is 1. The number of carboxylic acid groups (broad SMARTS) is 1. The Kier molecular flexibility index (Phi) is 3.81. The second kappa shape index (κ2) is 5.72. The van der Waals surface area contributed by atoms with Crippen LogP contribution < -0.4 is 0 Å². The van der Waals surface area contributed by atoms with E-state index in [2.05, 4.69) is 23.2 Å². The van der Waals surface area contributed by atoms with E-state index in [-0.39, 0.29) is 0 Å². The first-order chi connectivity index (χ1) is 8.77. The number of nitrogens with one attached hydrogen (secondary N) is 1. The van der Waals surface area contributed by atoms with Gasteiger partial charge in [-0.25, -0.2) is 4.79 Å². The van der Waals surface area contributed by atoms with Gasteiger partial charge >= 0.3 is 6.09 Å². The Morgan fingerprint density at radius 2 is 2.06 bits per heavy atom. The standard InChI is InChI=1S/C8H7N.C6H7NO2/c1-2-4-8-7(3-1)5-6-9-8;8-6(9)7-4-2-1-3-5-7/h1-6,9H;1-4H,5H2,(H,8,9). The number of rotatable bonds is 0. The van der Waals surface area contributed by atoms with E-state index in [0.717, 1.165) is 0 Å². The number of hydrogen-bond donors (Lipinski definition) is 2. The van der Waals surface area contributed by atoms with Gasteiger partial charge in [0.05, 0.1) is 0 Å². The number of nitrogens with zero attached hydrogens (tertiary/aromatic N) is 1. The molecule has 92 valence electrons. The van der Waals surface area contributed by atoms with Gasteiger partial charge in [-0.3, -0.25) is 4.90 Å². The lowest BCUT2D eigenvalue weighted by molar-refractivity contribution is 0.166. The minimum atomic E-state index is -0.907. The van der Waals surface area contributed by atoms with Gasteiger partial charge < -0.3 is 10.1 Å². The van der Waals surface area contributed by atoms with E-state index < -0.39 is 6.09 Å². The molecule has 2 N–H and O–H groups in total. The molecule has 0 spiro atoms. The molecule has 2 heterocycles. The summed E-state index contributed by atoms with van der Waals surface area (Å²) in [5, 5.41) is 9.65. The van der Waals surface area contributed by atoms with E-state index in [9.17, 15) is 4.79 Å². The number of aromatic nitrogens is 1. The highest BCUT2D eigenvalue weighted by Gasteiger charge is 2.05. The molecule has 0 unspecified atom stereocenters. The monoisotopic (exact) mass is 242 g/mol. The van der Waals surface area contributed by atoms with Crippen molar-refractivity contribution < 1.29 is 9.90 Å². The van der Waals surface area contributed by atoms with E-state index in [1.165, 1.54) is 22.0 Å². The van der Waals surface area contributed by atoms with Crippen LogP contribution in [-0.4, -0.2) is 27.6 Å². The Morgan fingerprint density at radius 1 is 1.22 bits per heavy atom. The fraction of sp³-hybridized carbons (Fsp3) is 0.0714. The van der Waals surface area contributed by atoms with Crippen molar-refractivity contribution in [3.63, 3.8) is 0 Å². The zero-order valence-corrected chi connectivity index (χ0v) is 9.78. The summed E-state index contributed by atoms with van der Waals surface area (Å²) in [5.41, 5.74) is 1.21. The van der Waals surface area contributed by atoms with Crippen molar-refractivity contribution in [3.8, 4) is 0 Å². The third-order valence-corrected chi connectivity index (χ3v) is 2.52. The van der Waals surface area contributed by atoms with Crippen molar-refractivity contribution in [2.75, 3.05) is 6.54 Å². The summed E-state index contributed by atoms with van der Waals surface area (Å²) < 4.78 is 0. The predicted molar refractivity (Wildman–Crippen MR) is 71.3 cm³/mol. The summed E-state index contributed by atoms with van der Waals surface area (Å²) in [6.45, 7) is 0.464. The van der Waals surface area contributed by atoms with Crippen LogP contribution in [0.15, 0.2) is 61.0 Å². The van der Waals surface area contributed by atoms with E-state index >= 15 is 0 Å². The molecule has 0 bridgehead atoms. The first kappa shape index (κ1) is 12.0. The largest absolute Gasteiger partial charge is 0.465 e. The summed E-state index contributed by atoms with van der Waals surface area (Å²) in [6, 6.07) is 10.3. The Morgan fingerprint density at radius 3 is 2.67 bits per heavy atom. The highest BCUT2D eigenvalue weighted by atomic mass is 16.4. The Balaban J connectivity index is 0.000000134. The van der Waals surface area contributed by atoms with Gasteiger partial charge in [-0.1, -0.05) is 30.4 Å². The number of hydrogen-bond acceptors (Lipinski definition) is 1. The van der Waals surface area contributed by atoms with Gasteiger partial charge in [-0.2, -0.15) is 0 Å². The highest BCUT2D eigenvalue weighted by Crippen LogP contribution is 2.09. The topological polar surface area (TPSA) is 56.3 Å². The zero-order valence-electron chi connectivity index (χ0n) is 9.78. The molecule has 1 aliphatic heterocycles. The summed E-state index contributed by atoms with van der Waals surface area (Å²) in [7, 11) is 0. The van der Waals surface area contributed by atoms with Crippen LogP contribution in [0, 0.1) is 0 Å². The van der Waals surface area contributed by atoms with Gasteiger partial charge in [-0.05, 0) is 23.6 Å². The first-order valence-electron chi connectivity index (χ1n) is 5.62. The minimum absolute atomic E-state index is 0.464. The normalized spacial score (nSPS) is 13.2. The SMILES string of the molecule is O=C(O)N1C=CC=CC1.c1ccc2[nH]ccc2c1. The van der Waals surface area contributed by atoms with Crippen LogP contribution in [0.5, 0.6) is 0 Å². The average Bonchev–Trinajstić information content (AvgIpc) is 2.89. The number of aromatic amines is 1. The predicted octanol–water partition coefficient (Wildman–Crippen LogP) is 3.22. The summed E-state index contributed by atoms with van der Waals surface area (Å²) in [4.78, 5) is 14.5. The fourth-order valence-electron chi connectivity index (χ4n) is 1.60. The molecule has 3 rings (SSSR count). The Bertz CT molecular complexity index is 554. The van der Waals surface area contributed by atoms with E-state index in [1.807, 2.05) is 24.4 Å². The molecule has 0 atom stereocenters. The molecule has 0 saturated heterocycles. The third-order valence-electron chi connectivity index (χ3n) is 2.52. The van der Waals surface area contributed by atoms with Crippen LogP contribution in [0.4, 0.5) is 4.79 Å². The maximum atomic E-state index is 10.2. The maximum Gasteiger partial charge on any atom is 0.411 e. The summed E-state index contributed by atoms with van der Waals surface area (Å²) in [6.07, 6.45) is 7.87. The van der Waals surface area contributed by atoms with Crippen molar-refractivity contribution in [1.29, 1.82) is 0 Å². The van der Waals surface area contributed by atoms with Crippen molar-refractivity contribution in [2.45, 2.75) is 0 Å². The maximum absolute atomic E-state index is 10.2. The Hall–Kier alpha value is -2.49. The summed E-state index contributed by atoms with van der Waals surface area (Å²) in [5.74, 6) is 0. The van der Waals surface area contributed by atoms with Crippen molar-refractivity contribution in [2.24, 2.45) is 0 Å². The molecule has 0 aliphatic carbocycles. The third kappa shape index (κ3) is 3.01. The van der Waals surface area contributed by atoms with Gasteiger partial charge in [0.1, 0.15) is 0 Å². The second-order valence-electron chi connectivity index (χ2n) is 3.77. The molecule has 2 aromatic rings. The molecule has 0 saturated carbocycles. The lowest BCUT2D eigenvalue weighted by Gasteiger charge is -2.12. The van der Waals surface area contributed by atoms with Crippen LogP contribution >= 0.6 is 0 Å². The molecular formula is C14H14N2O2. The molecular weight excluding hydrogens is 228 g/mol. The van der Waals surface area contributed by atoms with Crippen LogP contribution in [0.25, 0.3) is 10.9 Å². The Labute approximate surface area is 105 Å². The lowest BCUT2D eigenvalue weighted by Crippen LogP contribution is -2.24. The van der Waals surface area contributed by atoms with Crippen LogP contribution in [0.2, 0.25) is 0 Å². The lowest BCUT2D eigenvalue weighted by atomic mass is 10.3. The number of para-hydroxylation sites is 1. The summed E-state index contributed by atoms with van der Waals surface area (Å²) >= 11 is 0. The number of fused-ring (bicyclic) bond motifs is 1. The molecule has 4 nitrogen and oxygen atoms in total. The van der Waals surface area contributed by atoms with Gasteiger partial charge in [-0.15, -0.1) is 0 Å². The molecule has 4 heteroatoms. The number of benzene rings is 1. The van der Waals surface area contributed by atoms with Crippen LogP contribution in [-0.2, 0) is 0 Å². The quantitative estimate of drug-likeness (QED) is 0.745. The number of amides is 1. The molecule has 1 aromatic carbocycles. The van der Waals surface area contributed by atoms with Crippen LogP contribution in [0.1, 0.15) is 0 Å². The fourth-order valence-corrected chi connectivity index (χ4v) is 1.60. The van der Waals surface area contributed by atoms with Gasteiger partial charge in [0.15, 0.2) is 0 Å².